The maximum Gasteiger partial charge on any atom is 0.256 e. The lowest BCUT2D eigenvalue weighted by Gasteiger charge is -2.10. The van der Waals surface area contributed by atoms with Gasteiger partial charge < -0.3 is 11.1 Å². The number of halogens is 4. The van der Waals surface area contributed by atoms with Crippen molar-refractivity contribution >= 4 is 17.3 Å². The monoisotopic (exact) mass is 284 g/mol. The Hall–Kier alpha value is -2.57. The van der Waals surface area contributed by atoms with Crippen LogP contribution in [0, 0.1) is 23.3 Å². The van der Waals surface area contributed by atoms with E-state index < -0.39 is 34.9 Å². The largest absolute Gasteiger partial charge is 0.397 e. The molecule has 0 aliphatic carbocycles. The van der Waals surface area contributed by atoms with E-state index in [1.54, 1.807) is 0 Å². The maximum atomic E-state index is 13.5. The molecule has 0 saturated heterocycles. The Balaban J connectivity index is 2.35. The molecule has 2 aromatic rings. The minimum absolute atomic E-state index is 0.214. The number of carbonyl (C=O) groups excluding carboxylic acids is 1. The zero-order valence-corrected chi connectivity index (χ0v) is 9.88. The molecule has 0 saturated carbocycles. The van der Waals surface area contributed by atoms with Gasteiger partial charge >= 0.3 is 0 Å². The minimum atomic E-state index is -1.35. The third-order valence-electron chi connectivity index (χ3n) is 2.49. The van der Waals surface area contributed by atoms with E-state index in [2.05, 4.69) is 0 Å². The van der Waals surface area contributed by atoms with E-state index in [4.69, 9.17) is 5.73 Å². The van der Waals surface area contributed by atoms with Crippen LogP contribution in [0.15, 0.2) is 30.3 Å². The Labute approximate surface area is 111 Å². The Bertz CT molecular complexity index is 668. The van der Waals surface area contributed by atoms with E-state index in [1.807, 2.05) is 5.32 Å². The predicted octanol–water partition coefficient (Wildman–Crippen LogP) is 3.08. The number of benzene rings is 2. The summed E-state index contributed by atoms with van der Waals surface area (Å²) in [4.78, 5) is 11.7. The molecule has 0 spiro atoms. The van der Waals surface area contributed by atoms with Gasteiger partial charge in [-0.2, -0.15) is 0 Å². The van der Waals surface area contributed by atoms with Gasteiger partial charge in [0.1, 0.15) is 17.3 Å². The molecule has 3 N–H and O–H groups in total. The van der Waals surface area contributed by atoms with E-state index >= 15 is 0 Å². The van der Waals surface area contributed by atoms with Gasteiger partial charge in [0.2, 0.25) is 0 Å². The van der Waals surface area contributed by atoms with Crippen LogP contribution in [0.4, 0.5) is 28.9 Å². The highest BCUT2D eigenvalue weighted by molar-refractivity contribution is 6.05. The fourth-order valence-corrected chi connectivity index (χ4v) is 1.56. The van der Waals surface area contributed by atoms with Crippen LogP contribution in [0.1, 0.15) is 10.4 Å². The number of carbonyl (C=O) groups is 1. The maximum absolute atomic E-state index is 13.5. The van der Waals surface area contributed by atoms with Gasteiger partial charge in [-0.25, -0.2) is 17.6 Å². The lowest BCUT2D eigenvalue weighted by molar-refractivity contribution is 0.102. The smallest absolute Gasteiger partial charge is 0.256 e. The Morgan fingerprint density at radius 2 is 1.60 bits per heavy atom. The van der Waals surface area contributed by atoms with Crippen molar-refractivity contribution in [1.29, 1.82) is 0 Å². The van der Waals surface area contributed by atoms with Crippen molar-refractivity contribution in [3.8, 4) is 0 Å². The van der Waals surface area contributed by atoms with Gasteiger partial charge in [0.25, 0.3) is 5.91 Å². The van der Waals surface area contributed by atoms with Crippen molar-refractivity contribution in [3.63, 3.8) is 0 Å². The summed E-state index contributed by atoms with van der Waals surface area (Å²) in [6.45, 7) is 0. The number of hydrogen-bond donors (Lipinski definition) is 2. The second kappa shape index (κ2) is 5.20. The van der Waals surface area contributed by atoms with Crippen LogP contribution in [0.3, 0.4) is 0 Å². The first-order valence-electron chi connectivity index (χ1n) is 5.39. The van der Waals surface area contributed by atoms with Crippen LogP contribution < -0.4 is 11.1 Å². The van der Waals surface area contributed by atoms with E-state index in [0.29, 0.717) is 6.07 Å². The summed E-state index contributed by atoms with van der Waals surface area (Å²) in [6, 6.07) is 3.94. The summed E-state index contributed by atoms with van der Waals surface area (Å²) in [5.74, 6) is -5.51. The molecule has 3 nitrogen and oxygen atoms in total. The van der Waals surface area contributed by atoms with Crippen LogP contribution in [0.2, 0.25) is 0 Å². The Morgan fingerprint density at radius 3 is 2.20 bits per heavy atom. The molecule has 0 bridgehead atoms. The fourth-order valence-electron chi connectivity index (χ4n) is 1.56. The van der Waals surface area contributed by atoms with E-state index in [9.17, 15) is 22.4 Å². The van der Waals surface area contributed by atoms with Crippen LogP contribution in [0.25, 0.3) is 0 Å². The summed E-state index contributed by atoms with van der Waals surface area (Å²) in [5.41, 5.74) is 4.23. The van der Waals surface area contributed by atoms with Gasteiger partial charge in [-0.15, -0.1) is 0 Å². The first-order valence-corrected chi connectivity index (χ1v) is 5.39. The summed E-state index contributed by atoms with van der Waals surface area (Å²) in [7, 11) is 0. The average Bonchev–Trinajstić information content (AvgIpc) is 2.38. The van der Waals surface area contributed by atoms with Crippen molar-refractivity contribution in [2.24, 2.45) is 0 Å². The topological polar surface area (TPSA) is 55.1 Å². The summed E-state index contributed by atoms with van der Waals surface area (Å²) >= 11 is 0. The van der Waals surface area contributed by atoms with Crippen LogP contribution in [0.5, 0.6) is 0 Å². The fraction of sp³-hybridized carbons (Fsp3) is 0. The second-order valence-electron chi connectivity index (χ2n) is 3.94. The molecule has 0 fully saturated rings. The predicted molar refractivity (Wildman–Crippen MR) is 65.1 cm³/mol. The third-order valence-corrected chi connectivity index (χ3v) is 2.49. The van der Waals surface area contributed by atoms with Crippen LogP contribution >= 0.6 is 0 Å². The van der Waals surface area contributed by atoms with Crippen LogP contribution in [-0.4, -0.2) is 5.91 Å². The molecule has 0 radical (unpaired) electrons. The quantitative estimate of drug-likeness (QED) is 0.657. The molecular formula is C13H8F4N2O. The molecule has 104 valence electrons. The summed E-state index contributed by atoms with van der Waals surface area (Å²) < 4.78 is 52.5. The van der Waals surface area contributed by atoms with Gasteiger partial charge in [-0.05, 0) is 24.3 Å². The van der Waals surface area contributed by atoms with E-state index in [0.717, 1.165) is 24.3 Å². The molecule has 0 aliphatic rings. The molecule has 1 amide bonds. The van der Waals surface area contributed by atoms with Gasteiger partial charge in [0.05, 0.1) is 5.69 Å². The molecule has 0 atom stereocenters. The van der Waals surface area contributed by atoms with Crippen molar-refractivity contribution in [3.05, 3.63) is 59.2 Å². The van der Waals surface area contributed by atoms with Gasteiger partial charge in [-0.3, -0.25) is 4.79 Å². The lowest BCUT2D eigenvalue weighted by Crippen LogP contribution is -2.15. The SMILES string of the molecule is Nc1ccc(F)c(F)c1NC(=O)c1cc(F)cc(F)c1. The molecule has 0 heterocycles. The van der Waals surface area contributed by atoms with Crippen molar-refractivity contribution < 1.29 is 22.4 Å². The number of rotatable bonds is 2. The van der Waals surface area contributed by atoms with Crippen LogP contribution in [-0.2, 0) is 0 Å². The number of nitrogens with one attached hydrogen (secondary N) is 1. The number of hydrogen-bond acceptors (Lipinski definition) is 2. The standard InChI is InChI=1S/C13H8F4N2O/c14-7-3-6(4-8(15)5-7)13(20)19-12-10(18)2-1-9(16)11(12)17/h1-5H,18H2,(H,19,20). The highest BCUT2D eigenvalue weighted by Gasteiger charge is 2.16. The molecule has 2 rings (SSSR count). The van der Waals surface area contributed by atoms with E-state index in [1.165, 1.54) is 0 Å². The number of amides is 1. The van der Waals surface area contributed by atoms with Crippen molar-refractivity contribution in [2.75, 3.05) is 11.1 Å². The summed E-state index contributed by atoms with van der Waals surface area (Å²) in [6.07, 6.45) is 0. The first-order chi connectivity index (χ1) is 9.38. The number of anilines is 2. The number of nitrogen functional groups attached to an aromatic ring is 1. The molecule has 7 heteroatoms. The molecule has 0 aliphatic heterocycles. The zero-order chi connectivity index (χ0) is 14.9. The third kappa shape index (κ3) is 2.71. The minimum Gasteiger partial charge on any atom is -0.397 e. The second-order valence-corrected chi connectivity index (χ2v) is 3.94. The number of nitrogens with two attached hydrogens (primary N) is 1. The molecule has 20 heavy (non-hydrogen) atoms. The van der Waals surface area contributed by atoms with Crippen molar-refractivity contribution in [2.45, 2.75) is 0 Å². The van der Waals surface area contributed by atoms with E-state index in [-0.39, 0.29) is 11.3 Å². The first kappa shape index (κ1) is 13.9. The highest BCUT2D eigenvalue weighted by atomic mass is 19.2. The Morgan fingerprint density at radius 1 is 1.00 bits per heavy atom. The molecule has 2 aromatic carbocycles. The molecular weight excluding hydrogens is 276 g/mol. The van der Waals surface area contributed by atoms with Crippen molar-refractivity contribution in [1.82, 2.24) is 0 Å². The summed E-state index contributed by atoms with van der Waals surface area (Å²) in [5, 5.41) is 1.98. The zero-order valence-electron chi connectivity index (χ0n) is 9.88. The average molecular weight is 284 g/mol. The Kier molecular flexibility index (Phi) is 3.60. The van der Waals surface area contributed by atoms with Gasteiger partial charge in [0, 0.05) is 11.6 Å². The molecule has 0 unspecified atom stereocenters. The normalized spacial score (nSPS) is 10.4. The van der Waals surface area contributed by atoms with Gasteiger partial charge in [0.15, 0.2) is 11.6 Å². The lowest BCUT2D eigenvalue weighted by atomic mass is 10.2. The molecule has 0 aromatic heterocycles. The van der Waals surface area contributed by atoms with Gasteiger partial charge in [-0.1, -0.05) is 0 Å². The highest BCUT2D eigenvalue weighted by Crippen LogP contribution is 2.25.